The van der Waals surface area contributed by atoms with E-state index >= 15 is 0 Å². The van der Waals surface area contributed by atoms with E-state index in [1.807, 2.05) is 66.7 Å². The third kappa shape index (κ3) is 4.74. The van der Waals surface area contributed by atoms with Crippen LogP contribution in [0.4, 0.5) is 5.69 Å². The molecule has 0 unspecified atom stereocenters. The normalized spacial score (nSPS) is 11.0. The van der Waals surface area contributed by atoms with E-state index < -0.39 is 5.97 Å². The molecule has 0 fully saturated rings. The molecule has 0 atom stereocenters. The maximum absolute atomic E-state index is 13.1. The predicted octanol–water partition coefficient (Wildman–Crippen LogP) is 5.04. The minimum absolute atomic E-state index is 0.268. The molecule has 3 rings (SSSR count). The fourth-order valence-electron chi connectivity index (χ4n) is 2.78. The van der Waals surface area contributed by atoms with Crippen LogP contribution in [0.5, 0.6) is 0 Å². The summed E-state index contributed by atoms with van der Waals surface area (Å²) in [7, 11) is 0. The van der Waals surface area contributed by atoms with Crippen LogP contribution in [0.25, 0.3) is 11.6 Å². The minimum atomic E-state index is -0.466. The molecule has 0 aliphatic rings. The predicted molar refractivity (Wildman–Crippen MR) is 112 cm³/mol. The highest BCUT2D eigenvalue weighted by molar-refractivity contribution is 6.29. The van der Waals surface area contributed by atoms with Gasteiger partial charge in [-0.1, -0.05) is 72.8 Å². The third-order valence-electron chi connectivity index (χ3n) is 4.11. The van der Waals surface area contributed by atoms with Crippen molar-refractivity contribution in [3.8, 4) is 0 Å². The van der Waals surface area contributed by atoms with Gasteiger partial charge in [-0.15, -0.1) is 0 Å². The van der Waals surface area contributed by atoms with Crippen LogP contribution in [0.2, 0.25) is 0 Å². The maximum atomic E-state index is 13.1. The Balaban J connectivity index is 1.96. The topological polar surface area (TPSA) is 55.4 Å². The van der Waals surface area contributed by atoms with Crippen LogP contribution in [0.3, 0.4) is 0 Å². The number of benzene rings is 3. The molecule has 0 bridgehead atoms. The first-order valence-electron chi connectivity index (χ1n) is 9.08. The average Bonchev–Trinajstić information content (AvgIpc) is 2.74. The number of hydrogen-bond acceptors (Lipinski definition) is 3. The SMILES string of the molecule is CCOC(=O)c1ccccc1NC(=O)/C(=C\c1ccccc1)c1ccccc1. The molecule has 3 aromatic carbocycles. The first kappa shape index (κ1) is 19.1. The Kier molecular flexibility index (Phi) is 6.37. The third-order valence-corrected chi connectivity index (χ3v) is 4.11. The summed E-state index contributed by atoms with van der Waals surface area (Å²) in [5.74, 6) is -0.765. The number of nitrogens with one attached hydrogen (secondary N) is 1. The summed E-state index contributed by atoms with van der Waals surface area (Å²) in [6.45, 7) is 2.01. The van der Waals surface area contributed by atoms with E-state index in [4.69, 9.17) is 4.74 Å². The quantitative estimate of drug-likeness (QED) is 0.375. The smallest absolute Gasteiger partial charge is 0.340 e. The van der Waals surface area contributed by atoms with Crippen molar-refractivity contribution in [2.24, 2.45) is 0 Å². The number of hydrogen-bond donors (Lipinski definition) is 1. The monoisotopic (exact) mass is 371 g/mol. The fourth-order valence-corrected chi connectivity index (χ4v) is 2.78. The van der Waals surface area contributed by atoms with Crippen LogP contribution in [0, 0.1) is 0 Å². The van der Waals surface area contributed by atoms with Gasteiger partial charge in [-0.05, 0) is 36.3 Å². The molecule has 0 saturated carbocycles. The standard InChI is InChI=1S/C24H21NO3/c1-2-28-24(27)20-15-9-10-16-22(20)25-23(26)21(19-13-7-4-8-14-19)17-18-11-5-3-6-12-18/h3-17H,2H2,1H3,(H,25,26)/b21-17-. The van der Waals surface area contributed by atoms with Gasteiger partial charge in [0.2, 0.25) is 0 Å². The number of rotatable bonds is 6. The summed E-state index contributed by atoms with van der Waals surface area (Å²) >= 11 is 0. The molecule has 0 heterocycles. The van der Waals surface area contributed by atoms with Gasteiger partial charge in [0.25, 0.3) is 5.91 Å². The molecule has 3 aromatic rings. The zero-order valence-corrected chi connectivity index (χ0v) is 15.6. The van der Waals surface area contributed by atoms with Gasteiger partial charge in [-0.3, -0.25) is 4.79 Å². The lowest BCUT2D eigenvalue weighted by molar-refractivity contribution is -0.111. The van der Waals surface area contributed by atoms with E-state index in [-0.39, 0.29) is 12.5 Å². The second kappa shape index (κ2) is 9.33. The molecule has 0 aromatic heterocycles. The van der Waals surface area contributed by atoms with Crippen molar-refractivity contribution < 1.29 is 14.3 Å². The van der Waals surface area contributed by atoms with Crippen molar-refractivity contribution in [3.63, 3.8) is 0 Å². The molecule has 140 valence electrons. The highest BCUT2D eigenvalue weighted by atomic mass is 16.5. The Hall–Kier alpha value is -3.66. The molecule has 28 heavy (non-hydrogen) atoms. The molecule has 0 spiro atoms. The lowest BCUT2D eigenvalue weighted by Gasteiger charge is -2.13. The van der Waals surface area contributed by atoms with Crippen molar-refractivity contribution in [1.82, 2.24) is 0 Å². The fraction of sp³-hybridized carbons (Fsp3) is 0.0833. The first-order valence-corrected chi connectivity index (χ1v) is 9.08. The zero-order valence-electron chi connectivity index (χ0n) is 15.6. The van der Waals surface area contributed by atoms with Crippen LogP contribution in [0.1, 0.15) is 28.4 Å². The molecule has 0 radical (unpaired) electrons. The van der Waals surface area contributed by atoms with Gasteiger partial charge in [0.05, 0.1) is 17.9 Å². The molecular formula is C24H21NO3. The molecular weight excluding hydrogens is 350 g/mol. The van der Waals surface area contributed by atoms with Gasteiger partial charge in [0, 0.05) is 5.57 Å². The Labute approximate surface area is 164 Å². The molecule has 0 saturated heterocycles. The lowest BCUT2D eigenvalue weighted by atomic mass is 10.0. The molecule has 1 amide bonds. The number of carbonyl (C=O) groups excluding carboxylic acids is 2. The van der Waals surface area contributed by atoms with Gasteiger partial charge in [0.15, 0.2) is 0 Å². The first-order chi connectivity index (χ1) is 13.7. The van der Waals surface area contributed by atoms with Crippen LogP contribution in [-0.2, 0) is 9.53 Å². The summed E-state index contributed by atoms with van der Waals surface area (Å²) in [4.78, 5) is 25.3. The summed E-state index contributed by atoms with van der Waals surface area (Å²) < 4.78 is 5.09. The van der Waals surface area contributed by atoms with Crippen LogP contribution < -0.4 is 5.32 Å². The van der Waals surface area contributed by atoms with E-state index in [9.17, 15) is 9.59 Å². The van der Waals surface area contributed by atoms with Gasteiger partial charge in [-0.2, -0.15) is 0 Å². The van der Waals surface area contributed by atoms with Crippen molar-refractivity contribution in [2.45, 2.75) is 6.92 Å². The van der Waals surface area contributed by atoms with Crippen molar-refractivity contribution in [2.75, 3.05) is 11.9 Å². The number of anilines is 1. The Morgan fingerprint density at radius 1 is 0.857 bits per heavy atom. The molecule has 0 aliphatic carbocycles. The van der Waals surface area contributed by atoms with Crippen LogP contribution in [0.15, 0.2) is 84.9 Å². The van der Waals surface area contributed by atoms with Crippen molar-refractivity contribution in [1.29, 1.82) is 0 Å². The van der Waals surface area contributed by atoms with E-state index in [1.165, 1.54) is 0 Å². The molecule has 4 heteroatoms. The summed E-state index contributed by atoms with van der Waals surface area (Å²) in [5, 5.41) is 2.86. The summed E-state index contributed by atoms with van der Waals surface area (Å²) in [6, 6.07) is 25.9. The van der Waals surface area contributed by atoms with Gasteiger partial charge in [-0.25, -0.2) is 4.79 Å². The Bertz CT molecular complexity index is 979. The van der Waals surface area contributed by atoms with Crippen LogP contribution in [-0.4, -0.2) is 18.5 Å². The Morgan fingerprint density at radius 3 is 2.14 bits per heavy atom. The van der Waals surface area contributed by atoms with E-state index in [0.29, 0.717) is 16.8 Å². The van der Waals surface area contributed by atoms with Gasteiger partial charge < -0.3 is 10.1 Å². The Morgan fingerprint density at radius 2 is 1.46 bits per heavy atom. The van der Waals surface area contributed by atoms with E-state index in [1.54, 1.807) is 31.2 Å². The second-order valence-electron chi connectivity index (χ2n) is 6.05. The average molecular weight is 371 g/mol. The number of esters is 1. The van der Waals surface area contributed by atoms with Gasteiger partial charge in [0.1, 0.15) is 0 Å². The number of ether oxygens (including phenoxy) is 1. The van der Waals surface area contributed by atoms with E-state index in [0.717, 1.165) is 11.1 Å². The van der Waals surface area contributed by atoms with Gasteiger partial charge >= 0.3 is 5.97 Å². The number of para-hydroxylation sites is 1. The van der Waals surface area contributed by atoms with Crippen LogP contribution >= 0.6 is 0 Å². The number of carbonyl (C=O) groups is 2. The highest BCUT2D eigenvalue weighted by Gasteiger charge is 2.17. The van der Waals surface area contributed by atoms with E-state index in [2.05, 4.69) is 5.32 Å². The second-order valence-corrected chi connectivity index (χ2v) is 6.05. The van der Waals surface area contributed by atoms with Crippen molar-refractivity contribution in [3.05, 3.63) is 102 Å². The highest BCUT2D eigenvalue weighted by Crippen LogP contribution is 2.23. The number of amides is 1. The maximum Gasteiger partial charge on any atom is 0.340 e. The largest absolute Gasteiger partial charge is 0.462 e. The summed E-state index contributed by atoms with van der Waals surface area (Å²) in [6.07, 6.45) is 1.83. The van der Waals surface area contributed by atoms with Crippen molar-refractivity contribution >= 4 is 29.2 Å². The zero-order chi connectivity index (χ0) is 19.8. The molecule has 1 N–H and O–H groups in total. The lowest BCUT2D eigenvalue weighted by Crippen LogP contribution is -2.17. The minimum Gasteiger partial charge on any atom is -0.462 e. The molecule has 0 aliphatic heterocycles. The summed E-state index contributed by atoms with van der Waals surface area (Å²) in [5.41, 5.74) is 2.95. The molecule has 4 nitrogen and oxygen atoms in total.